The average Bonchev–Trinajstić information content (AvgIpc) is 1.66. The average molecular weight is 1970 g/mol. The first-order valence-corrected chi connectivity index (χ1v) is 55.7. The van der Waals surface area contributed by atoms with Crippen LogP contribution in [0.15, 0.2) is 202 Å². The Morgan fingerprint density at radius 3 is 1.43 bits per heavy atom. The van der Waals surface area contributed by atoms with Crippen molar-refractivity contribution >= 4 is 133 Å². The van der Waals surface area contributed by atoms with Crippen LogP contribution in [-0.4, -0.2) is 223 Å². The number of urea groups is 1. The number of sulfonamides is 1. The summed E-state index contributed by atoms with van der Waals surface area (Å²) >= 11 is 18.2. The molecule has 0 spiro atoms. The molecule has 28 nitrogen and oxygen atoms in total. The number of aromatic amines is 4. The molecule has 10 saturated heterocycles. The number of carbonyl (C=O) groups excluding carboxylic acids is 1. The monoisotopic (exact) mass is 1970 g/mol. The Hall–Kier alpha value is -5.74. The van der Waals surface area contributed by atoms with Crippen molar-refractivity contribution in [3.8, 4) is 0 Å². The van der Waals surface area contributed by atoms with Gasteiger partial charge in [0.15, 0.2) is 0 Å². The van der Waals surface area contributed by atoms with E-state index >= 15 is 0 Å². The van der Waals surface area contributed by atoms with Gasteiger partial charge in [0.05, 0.1) is 69.3 Å². The second-order valence-corrected chi connectivity index (χ2v) is 42.1. The smallest absolute Gasteiger partial charge is 0.336 e. The van der Waals surface area contributed by atoms with Gasteiger partial charge in [0.2, 0.25) is 10.0 Å². The van der Waals surface area contributed by atoms with Crippen LogP contribution in [0.5, 0.6) is 0 Å². The van der Waals surface area contributed by atoms with E-state index in [-0.39, 0.29) is 28.9 Å². The molecule has 8 aromatic rings. The second kappa shape index (κ2) is 71.8. The maximum Gasteiger partial charge on any atom is 0.336 e. The van der Waals surface area contributed by atoms with E-state index in [4.69, 9.17) is 29.1 Å². The lowest BCUT2D eigenvalue weighted by molar-refractivity contribution is -0.0334. The van der Waals surface area contributed by atoms with E-state index < -0.39 is 21.4 Å². The number of aromatic nitrogens is 4. The summed E-state index contributed by atoms with van der Waals surface area (Å²) in [4.78, 5) is 75.3. The van der Waals surface area contributed by atoms with Gasteiger partial charge in [0.1, 0.15) is 5.58 Å². The van der Waals surface area contributed by atoms with E-state index in [2.05, 4.69) is 193 Å². The number of nitrogens with one attached hydrogen (secondary N) is 13. The van der Waals surface area contributed by atoms with Crippen LogP contribution in [0.25, 0.3) is 11.0 Å². The number of nitrogens with zero attached hydrogens (tertiary/aromatic N) is 1. The summed E-state index contributed by atoms with van der Waals surface area (Å²) < 4.78 is 53.0. The zero-order valence-electron chi connectivity index (χ0n) is 74.3. The van der Waals surface area contributed by atoms with E-state index in [1.54, 1.807) is 49.2 Å². The molecule has 3 aromatic heterocycles. The zero-order valence-corrected chi connectivity index (χ0v) is 82.4. The van der Waals surface area contributed by atoms with Crippen LogP contribution in [0, 0.1) is 6.92 Å². The number of hydrazine groups is 1. The third-order valence-corrected chi connectivity index (χ3v) is 31.1. The molecule has 10 fully saturated rings. The zero-order chi connectivity index (χ0) is 91.3. The lowest BCUT2D eigenvalue weighted by Crippen LogP contribution is -2.47. The highest BCUT2D eigenvalue weighted by Crippen LogP contribution is 2.33. The van der Waals surface area contributed by atoms with E-state index in [9.17, 15) is 37.2 Å². The molecule has 2 unspecified atom stereocenters. The number of carbonyl (C=O) groups is 1. The van der Waals surface area contributed by atoms with Crippen molar-refractivity contribution < 1.29 is 36.6 Å². The highest BCUT2D eigenvalue weighted by atomic mass is 32.2. The Balaban J connectivity index is 0.000000188. The number of amides is 2. The highest BCUT2D eigenvalue weighted by molar-refractivity contribution is 8.16. The van der Waals surface area contributed by atoms with Crippen molar-refractivity contribution in [3.63, 3.8) is 0 Å². The minimum absolute atomic E-state index is 0.250. The van der Waals surface area contributed by atoms with E-state index in [0.29, 0.717) is 22.7 Å². The quantitative estimate of drug-likeness (QED) is 0.0495. The Bertz CT molecular complexity index is 4310. The third kappa shape index (κ3) is 52.6. The van der Waals surface area contributed by atoms with Crippen LogP contribution in [0.3, 0.4) is 0 Å². The number of H-pyrrole nitrogens is 4. The van der Waals surface area contributed by atoms with Gasteiger partial charge in [-0.05, 0) is 170 Å². The summed E-state index contributed by atoms with van der Waals surface area (Å²) in [5.74, 6) is 17.5. The molecule has 0 saturated carbocycles. The van der Waals surface area contributed by atoms with Gasteiger partial charge >= 0.3 is 23.0 Å². The van der Waals surface area contributed by atoms with Gasteiger partial charge in [-0.15, -0.1) is 11.8 Å². The first-order chi connectivity index (χ1) is 63.2. The first kappa shape index (κ1) is 110. The van der Waals surface area contributed by atoms with Crippen LogP contribution in [0.4, 0.5) is 4.79 Å². The van der Waals surface area contributed by atoms with Crippen LogP contribution >= 0.6 is 106 Å². The normalized spacial score (nSPS) is 19.8. The molecule has 712 valence electrons. The number of ether oxygens (including phenoxy) is 4. The SMILES string of the molecule is C1CCCNCC1.C1CCNNC1.C1CCSC1.C1CN2CCC2S1.C1COCCO1.C1CSCCN1.C1CSCCO1.C1CSCCS1.C1CSCSC1.Cc1cc(=O)[nH]c(=O)[nH]1.NC1C=CNC(=O)N1.O=S1(=O)NCc2ccccc21.O=c1cc[nH]c(=O)[nH]1.O=c1ccc2ccccc2o1.c1ccc2c(c1)CNC2.c1ccc2c(c1)CNS2.c1ccc2c(c1)COC2. The summed E-state index contributed by atoms with van der Waals surface area (Å²) in [6.45, 7) is 21.8. The molecule has 15 aliphatic heterocycles. The Morgan fingerprint density at radius 2 is 1.00 bits per heavy atom. The van der Waals surface area contributed by atoms with Crippen LogP contribution in [-0.2, 0) is 68.4 Å². The molecule has 2 atom stereocenters. The van der Waals surface area contributed by atoms with Crippen molar-refractivity contribution in [2.75, 3.05) is 172 Å². The van der Waals surface area contributed by atoms with Gasteiger partial charge in [-0.25, -0.2) is 32.3 Å². The second-order valence-electron chi connectivity index (χ2n) is 29.5. The molecule has 0 aliphatic carbocycles. The number of nitrogens with two attached hydrogens (primary N) is 1. The van der Waals surface area contributed by atoms with E-state index in [0.717, 1.165) is 102 Å². The number of thioether (sulfide) groups is 8. The molecule has 0 bridgehead atoms. The molecule has 129 heavy (non-hydrogen) atoms. The van der Waals surface area contributed by atoms with Crippen LogP contribution < -0.4 is 80.7 Å². The molecule has 15 N–H and O–H groups in total. The topological polar surface area (TPSA) is 387 Å². The van der Waals surface area contributed by atoms with E-state index in [1.807, 2.05) is 76.0 Å². The van der Waals surface area contributed by atoms with Crippen molar-refractivity contribution in [3.05, 3.63) is 255 Å². The van der Waals surface area contributed by atoms with Gasteiger partial charge in [0, 0.05) is 169 Å². The minimum atomic E-state index is -3.16. The van der Waals surface area contributed by atoms with Crippen LogP contribution in [0.1, 0.15) is 103 Å². The number of fused-ring (bicyclic) bond motifs is 6. The molecular formula is C91H135N15O13S10. The van der Waals surface area contributed by atoms with Gasteiger partial charge in [0.25, 0.3) is 11.1 Å². The molecule has 2 amide bonds. The molecule has 38 heteroatoms. The predicted molar refractivity (Wildman–Crippen MR) is 547 cm³/mol. The third-order valence-electron chi connectivity index (χ3n) is 19.3. The molecular weight excluding hydrogens is 1830 g/mol. The Kier molecular flexibility index (Phi) is 61.4. The predicted octanol–water partition coefficient (Wildman–Crippen LogP) is 12.3. The van der Waals surface area contributed by atoms with E-state index in [1.165, 1.54) is 247 Å². The Labute approximate surface area is 799 Å². The highest BCUT2D eigenvalue weighted by Gasteiger charge is 2.32. The van der Waals surface area contributed by atoms with Gasteiger partial charge < -0.3 is 65.7 Å². The standard InChI is InChI=1S/C9H6O2.C8H9N.C8H8O.C7H7NO2S.C7H7NS.C6H13N.C5H6N2O2.C5H9NS.C4H7N3O.C4H4N2O2.C4H10N2.C4H9NS.C4H8O2.C4H8OS.2C4H8S2.C4H8S/c10-9-6-5-7-3-1-2-4-8(7)11-9;2*1-2-4-8-6-9-5-7(8)3-1;9-11(10)7-4-2-1-3-6(7)5-8-11;1-2-4-7-6(3-1)5-8-9-7;1-2-4-6-7-5-3-1;1-3-2-4(8)7-5(9)6-3;1-2-6-3-4-7-5(1)6;5-3-1-2-6-4(8)7-3;7-3-1-2-5-4(8)6-3;1-2-4-6-5-3-1;1-3-6-4-2-5-1;1-2-6-4-3-5-1;1-3-6-4-2-5-1;1-2-6-4-3-5-1;1-2-5-4-6-3-1;1-2-4-5-3-1/h1-6H;1-4,9H,5-6H2;1-4H,5-6H2;1-4,8H,5H2;1-4,8H,5H2;7H,1-6H2;2H,1H3,(H2,6,7,8,9);5H,1-4H2;1-3H,5H2,(H2,6,7,8);1-2H,(H2,5,6,7,8);5-6H,1-4H2;5H,1-4H2;4*1-4H2;1-4H2. The number of hydrogen-bond donors (Lipinski definition) is 14. The number of benzene rings is 5. The van der Waals surface area contributed by atoms with Crippen LogP contribution in [0.2, 0.25) is 0 Å². The first-order valence-electron chi connectivity index (χ1n) is 44.2. The fourth-order valence-corrected chi connectivity index (χ4v) is 22.9. The largest absolute Gasteiger partial charge is 0.423 e. The molecule has 18 heterocycles. The van der Waals surface area contributed by atoms with Gasteiger partial charge in [-0.3, -0.25) is 40.0 Å². The summed E-state index contributed by atoms with van der Waals surface area (Å²) in [7, 11) is -3.16. The summed E-state index contributed by atoms with van der Waals surface area (Å²) in [5, 5.41) is 17.9. The molecule has 0 radical (unpaired) electrons. The fourth-order valence-electron chi connectivity index (χ4n) is 12.4. The Morgan fingerprint density at radius 1 is 0.450 bits per heavy atom. The minimum Gasteiger partial charge on any atom is -0.423 e. The number of aryl methyl sites for hydroxylation is 1. The number of rotatable bonds is 0. The fraction of sp³-hybridized carbons (Fsp3) is 0.516. The molecule has 15 aliphatic rings. The van der Waals surface area contributed by atoms with Crippen molar-refractivity contribution in [1.82, 2.24) is 71.7 Å². The summed E-state index contributed by atoms with van der Waals surface area (Å²) in [6, 6.07) is 45.2. The molecule has 23 rings (SSSR count). The van der Waals surface area contributed by atoms with Crippen molar-refractivity contribution in [2.24, 2.45) is 5.73 Å². The number of para-hydroxylation sites is 1. The maximum absolute atomic E-state index is 11.1. The lowest BCUT2D eigenvalue weighted by Gasteiger charge is -2.33. The van der Waals surface area contributed by atoms with Crippen molar-refractivity contribution in [2.45, 2.75) is 132 Å². The number of hydrogen-bond acceptors (Lipinski definition) is 30. The molecule has 5 aromatic carbocycles. The summed E-state index contributed by atoms with van der Waals surface area (Å²) in [6.07, 6.45) is 18.2. The summed E-state index contributed by atoms with van der Waals surface area (Å²) in [5.41, 5.74) is 18.4. The van der Waals surface area contributed by atoms with Gasteiger partial charge in [-0.2, -0.15) is 82.3 Å². The maximum atomic E-state index is 11.1. The lowest BCUT2D eigenvalue weighted by atomic mass is 10.1. The van der Waals surface area contributed by atoms with Gasteiger partial charge in [-0.1, -0.05) is 116 Å². The van der Waals surface area contributed by atoms with Crippen molar-refractivity contribution in [1.29, 1.82) is 0 Å².